The van der Waals surface area contributed by atoms with E-state index in [2.05, 4.69) is 50.8 Å². The molecule has 0 saturated heterocycles. The molecule has 1 N–H and O–H groups in total. The Kier molecular flexibility index (Phi) is 9.08. The maximum absolute atomic E-state index is 11.6. The van der Waals surface area contributed by atoms with Gasteiger partial charge in [0.15, 0.2) is 0 Å². The van der Waals surface area contributed by atoms with E-state index in [9.17, 15) is 9.90 Å². The molecule has 2 aromatic carbocycles. The second-order valence-corrected chi connectivity index (χ2v) is 11.4. The number of hydrogen-bond donors (Lipinski definition) is 1. The smallest absolute Gasteiger partial charge is 0.333 e. The van der Waals surface area contributed by atoms with Crippen LogP contribution in [0.3, 0.4) is 0 Å². The number of carbonyl (C=O) groups excluding carboxylic acids is 1. The summed E-state index contributed by atoms with van der Waals surface area (Å²) in [7, 11) is 0. The minimum Gasteiger partial charge on any atom is -0.508 e. The third-order valence-corrected chi connectivity index (χ3v) is 8.43. The molecule has 3 heteroatoms. The van der Waals surface area contributed by atoms with E-state index in [1.807, 2.05) is 30.4 Å². The predicted octanol–water partition coefficient (Wildman–Crippen LogP) is 8.56. The third kappa shape index (κ3) is 7.25. The van der Waals surface area contributed by atoms with E-state index < -0.39 is 0 Å². The first-order valence-electron chi connectivity index (χ1n) is 13.9. The fourth-order valence-electron chi connectivity index (χ4n) is 6.38. The van der Waals surface area contributed by atoms with Gasteiger partial charge >= 0.3 is 5.97 Å². The van der Waals surface area contributed by atoms with Gasteiger partial charge in [-0.25, -0.2) is 4.79 Å². The van der Waals surface area contributed by atoms with Crippen LogP contribution >= 0.6 is 0 Å². The van der Waals surface area contributed by atoms with Crippen molar-refractivity contribution in [3.63, 3.8) is 0 Å². The van der Waals surface area contributed by atoms with E-state index in [4.69, 9.17) is 4.74 Å². The summed E-state index contributed by atoms with van der Waals surface area (Å²) in [4.78, 5) is 11.6. The number of ether oxygens (including phenoxy) is 1. The number of aromatic hydroxyl groups is 1. The first-order valence-corrected chi connectivity index (χ1v) is 13.9. The summed E-state index contributed by atoms with van der Waals surface area (Å²) in [6.45, 7) is 9.87. The molecule has 0 radical (unpaired) electrons. The minimum atomic E-state index is -0.183. The largest absolute Gasteiger partial charge is 0.508 e. The lowest BCUT2D eigenvalue weighted by Gasteiger charge is -2.53. The number of esters is 1. The predicted molar refractivity (Wildman–Crippen MR) is 153 cm³/mol. The van der Waals surface area contributed by atoms with Gasteiger partial charge in [0, 0.05) is 5.57 Å². The highest BCUT2D eigenvalue weighted by Gasteiger charge is 2.49. The lowest BCUT2D eigenvalue weighted by atomic mass is 9.55. The van der Waals surface area contributed by atoms with E-state index >= 15 is 0 Å². The van der Waals surface area contributed by atoms with Crippen LogP contribution in [0.1, 0.15) is 81.9 Å². The summed E-state index contributed by atoms with van der Waals surface area (Å²) in [6.07, 6.45) is 16.1. The molecule has 0 heterocycles. The molecule has 4 bridgehead atoms. The SMILES string of the molecule is C=C(C)C(=O)OC1C2CC3CC(C2)CC1C3.CCC(C)c1ccc(C=CC=Cc2ccc(O)cc2)cc1. The van der Waals surface area contributed by atoms with Crippen LogP contribution in [0.5, 0.6) is 5.75 Å². The third-order valence-electron chi connectivity index (χ3n) is 8.43. The van der Waals surface area contributed by atoms with Crippen LogP contribution in [-0.4, -0.2) is 17.2 Å². The fraction of sp³-hybridized carbons (Fsp3) is 0.441. The van der Waals surface area contributed by atoms with Crippen molar-refractivity contribution in [2.45, 2.75) is 71.3 Å². The maximum atomic E-state index is 11.6. The number of phenolic OH excluding ortho intramolecular Hbond substituents is 1. The van der Waals surface area contributed by atoms with E-state index in [0.29, 0.717) is 29.1 Å². The van der Waals surface area contributed by atoms with Crippen molar-refractivity contribution in [3.05, 3.63) is 89.5 Å². The van der Waals surface area contributed by atoms with Gasteiger partial charge in [-0.05, 0) is 104 Å². The number of carbonyl (C=O) groups is 1. The molecular weight excluding hydrogens is 456 g/mol. The molecule has 0 aromatic heterocycles. The average Bonchev–Trinajstić information content (AvgIpc) is 2.89. The van der Waals surface area contributed by atoms with Crippen molar-refractivity contribution >= 4 is 18.1 Å². The lowest BCUT2D eigenvalue weighted by Crippen LogP contribution is -2.50. The van der Waals surface area contributed by atoms with Gasteiger partial charge in [0.05, 0.1) is 0 Å². The number of benzene rings is 2. The monoisotopic (exact) mass is 498 g/mol. The Morgan fingerprint density at radius 1 is 0.919 bits per heavy atom. The van der Waals surface area contributed by atoms with E-state index in [-0.39, 0.29) is 12.1 Å². The van der Waals surface area contributed by atoms with Gasteiger partial charge in [-0.2, -0.15) is 0 Å². The molecule has 6 rings (SSSR count). The quantitative estimate of drug-likeness (QED) is 0.236. The number of phenols is 1. The molecule has 2 aromatic rings. The molecule has 0 amide bonds. The zero-order valence-corrected chi connectivity index (χ0v) is 22.6. The molecule has 4 aliphatic rings. The highest BCUT2D eigenvalue weighted by Crippen LogP contribution is 2.54. The Hall–Kier alpha value is -3.07. The summed E-state index contributed by atoms with van der Waals surface area (Å²) in [5, 5.41) is 9.22. The molecule has 0 spiro atoms. The molecule has 1 unspecified atom stereocenters. The van der Waals surface area contributed by atoms with Crippen LogP contribution in [0.15, 0.2) is 72.8 Å². The molecule has 196 valence electrons. The Morgan fingerprint density at radius 3 is 1.86 bits per heavy atom. The Labute approximate surface area is 223 Å². The van der Waals surface area contributed by atoms with Gasteiger partial charge in [0.1, 0.15) is 11.9 Å². The van der Waals surface area contributed by atoms with Crippen LogP contribution in [0.4, 0.5) is 0 Å². The minimum absolute atomic E-state index is 0.183. The van der Waals surface area contributed by atoms with Crippen molar-refractivity contribution in [3.8, 4) is 5.75 Å². The van der Waals surface area contributed by atoms with Crippen molar-refractivity contribution in [2.75, 3.05) is 0 Å². The summed E-state index contributed by atoms with van der Waals surface area (Å²) >= 11 is 0. The lowest BCUT2D eigenvalue weighted by molar-refractivity contribution is -0.166. The Morgan fingerprint density at radius 2 is 1.41 bits per heavy atom. The molecular formula is C34H42O3. The zero-order valence-electron chi connectivity index (χ0n) is 22.6. The van der Waals surface area contributed by atoms with Crippen LogP contribution in [-0.2, 0) is 9.53 Å². The summed E-state index contributed by atoms with van der Waals surface area (Å²) in [5.41, 5.74) is 4.21. The first kappa shape index (κ1) is 27.0. The van der Waals surface area contributed by atoms with Gasteiger partial charge in [-0.1, -0.05) is 81.1 Å². The molecule has 4 aliphatic carbocycles. The van der Waals surface area contributed by atoms with Crippen LogP contribution < -0.4 is 0 Å². The number of allylic oxidation sites excluding steroid dienone is 2. The van der Waals surface area contributed by atoms with Crippen LogP contribution in [0.25, 0.3) is 12.2 Å². The van der Waals surface area contributed by atoms with E-state index in [1.54, 1.807) is 19.1 Å². The van der Waals surface area contributed by atoms with Gasteiger partial charge in [0.2, 0.25) is 0 Å². The van der Waals surface area contributed by atoms with Gasteiger partial charge < -0.3 is 9.84 Å². The van der Waals surface area contributed by atoms with Crippen LogP contribution in [0.2, 0.25) is 0 Å². The van der Waals surface area contributed by atoms with Gasteiger partial charge in [0.25, 0.3) is 0 Å². The van der Waals surface area contributed by atoms with E-state index in [0.717, 1.165) is 17.4 Å². The second kappa shape index (κ2) is 12.4. The highest BCUT2D eigenvalue weighted by atomic mass is 16.5. The van der Waals surface area contributed by atoms with Crippen molar-refractivity contribution < 1.29 is 14.6 Å². The first-order chi connectivity index (χ1) is 17.8. The van der Waals surface area contributed by atoms with Crippen LogP contribution in [0, 0.1) is 23.7 Å². The van der Waals surface area contributed by atoms with E-state index in [1.165, 1.54) is 49.7 Å². The Balaban J connectivity index is 0.000000179. The molecule has 3 nitrogen and oxygen atoms in total. The van der Waals surface area contributed by atoms with Crippen molar-refractivity contribution in [2.24, 2.45) is 23.7 Å². The molecule has 4 saturated carbocycles. The number of rotatable bonds is 7. The average molecular weight is 499 g/mol. The number of hydrogen-bond acceptors (Lipinski definition) is 3. The molecule has 0 aliphatic heterocycles. The van der Waals surface area contributed by atoms with Gasteiger partial charge in [-0.15, -0.1) is 0 Å². The normalized spacial score (nSPS) is 26.6. The van der Waals surface area contributed by atoms with Crippen molar-refractivity contribution in [1.29, 1.82) is 0 Å². The topological polar surface area (TPSA) is 46.5 Å². The second-order valence-electron chi connectivity index (χ2n) is 11.4. The molecule has 4 fully saturated rings. The van der Waals surface area contributed by atoms with Crippen molar-refractivity contribution in [1.82, 2.24) is 0 Å². The maximum Gasteiger partial charge on any atom is 0.333 e. The molecule has 37 heavy (non-hydrogen) atoms. The summed E-state index contributed by atoms with van der Waals surface area (Å²) in [6, 6.07) is 15.9. The Bertz CT molecular complexity index is 1080. The highest BCUT2D eigenvalue weighted by molar-refractivity contribution is 5.87. The van der Waals surface area contributed by atoms with Gasteiger partial charge in [-0.3, -0.25) is 0 Å². The zero-order chi connectivity index (χ0) is 26.4. The standard InChI is InChI=1S/C20H22O.C14H20O2/c1-3-16(2)19-12-8-17(9-13-19)6-4-5-7-18-10-14-20(21)15-11-18;1-8(2)14(15)16-13-11-4-9-3-10(6-11)7-12(13)5-9/h4-16,21H,3H2,1-2H3;9-13H,1,3-7H2,2H3. The summed E-state index contributed by atoms with van der Waals surface area (Å²) < 4.78 is 5.65. The summed E-state index contributed by atoms with van der Waals surface area (Å²) in [5.74, 6) is 3.91. The fourth-order valence-corrected chi connectivity index (χ4v) is 6.38. The molecule has 1 atom stereocenters.